The number of hydrogen-bond donors (Lipinski definition) is 1. The number of rotatable bonds is 36. The van der Waals surface area contributed by atoms with E-state index in [1.165, 1.54) is 243 Å². The topological polar surface area (TPSA) is 12.0 Å². The van der Waals surface area contributed by atoms with Gasteiger partial charge in [-0.05, 0) is 133 Å². The van der Waals surface area contributed by atoms with Crippen molar-refractivity contribution in [3.8, 4) is 0 Å². The van der Waals surface area contributed by atoms with Gasteiger partial charge in [-0.3, -0.25) is 0 Å². The molecular weight excluding hydrogens is 591 g/mol. The van der Waals surface area contributed by atoms with Gasteiger partial charge >= 0.3 is 0 Å². The van der Waals surface area contributed by atoms with Gasteiger partial charge in [-0.2, -0.15) is 0 Å². The molecule has 0 saturated heterocycles. The molecule has 0 radical (unpaired) electrons. The first kappa shape index (κ1) is 44.6. The van der Waals surface area contributed by atoms with E-state index in [2.05, 4.69) is 39.4 Å². The first-order valence-corrected chi connectivity index (χ1v) is 23.0. The Bertz CT molecular complexity index is 746. The number of fused-ring (bicyclic) bond motifs is 3. The molecule has 3 aliphatic rings. The predicted molar refractivity (Wildman–Crippen MR) is 223 cm³/mol. The molecule has 0 heterocycles. The Hall–Kier alpha value is -0.560. The summed E-state index contributed by atoms with van der Waals surface area (Å²) in [6.07, 6.45) is 51.3. The van der Waals surface area contributed by atoms with Crippen LogP contribution in [0.15, 0.2) is 24.3 Å². The number of allylic oxidation sites excluding steroid dienone is 2. The third-order valence-electron chi connectivity index (χ3n) is 13.2. The van der Waals surface area contributed by atoms with E-state index in [9.17, 15) is 0 Å². The molecule has 0 spiro atoms. The normalized spacial score (nSPS) is 19.6. The minimum Gasteiger partial charge on any atom is -0.319 e. The fourth-order valence-electron chi connectivity index (χ4n) is 9.81. The predicted octanol–water partition coefficient (Wildman–Crippen LogP) is 16.3. The molecule has 3 saturated carbocycles. The van der Waals surface area contributed by atoms with Gasteiger partial charge in [0.25, 0.3) is 0 Å². The number of hydrogen-bond acceptors (Lipinski definition) is 1. The maximum atomic E-state index is 4.52. The van der Waals surface area contributed by atoms with Crippen molar-refractivity contribution in [3.05, 3.63) is 24.3 Å². The molecule has 0 aromatic rings. The molecule has 288 valence electrons. The van der Waals surface area contributed by atoms with E-state index >= 15 is 0 Å². The van der Waals surface area contributed by atoms with Crippen molar-refractivity contribution in [3.63, 3.8) is 0 Å². The van der Waals surface area contributed by atoms with E-state index in [1.54, 1.807) is 5.57 Å². The lowest BCUT2D eigenvalue weighted by molar-refractivity contribution is 0.0646. The van der Waals surface area contributed by atoms with Crippen LogP contribution in [0.4, 0.5) is 0 Å². The van der Waals surface area contributed by atoms with Crippen LogP contribution in [-0.4, -0.2) is 13.6 Å². The second kappa shape index (κ2) is 30.0. The quantitative estimate of drug-likeness (QED) is 0.0513. The van der Waals surface area contributed by atoms with Gasteiger partial charge in [0.05, 0.1) is 0 Å². The largest absolute Gasteiger partial charge is 0.319 e. The van der Waals surface area contributed by atoms with Crippen LogP contribution in [0, 0.1) is 23.2 Å². The molecule has 1 nitrogen and oxygen atoms in total. The van der Waals surface area contributed by atoms with Crippen LogP contribution < -0.4 is 5.32 Å². The van der Waals surface area contributed by atoms with E-state index in [-0.39, 0.29) is 0 Å². The highest BCUT2D eigenvalue weighted by atomic mass is 14.8. The molecule has 0 aliphatic heterocycles. The summed E-state index contributed by atoms with van der Waals surface area (Å²) in [5, 5.41) is 3.50. The molecule has 1 atom stereocenters. The van der Waals surface area contributed by atoms with Gasteiger partial charge in [-0.15, -0.1) is 0 Å². The Morgan fingerprint density at radius 2 is 0.898 bits per heavy atom. The third-order valence-corrected chi connectivity index (χ3v) is 13.2. The van der Waals surface area contributed by atoms with Crippen LogP contribution in [0.5, 0.6) is 0 Å². The molecule has 0 aromatic heterocycles. The molecule has 1 heteroatoms. The van der Waals surface area contributed by atoms with Crippen LogP contribution >= 0.6 is 0 Å². The lowest BCUT2D eigenvalue weighted by atomic mass is 9.58. The van der Waals surface area contributed by atoms with Crippen molar-refractivity contribution in [2.24, 2.45) is 23.2 Å². The lowest BCUT2D eigenvalue weighted by Gasteiger charge is -2.47. The Labute approximate surface area is 310 Å². The monoisotopic (exact) mass is 682 g/mol. The smallest absolute Gasteiger partial charge is 0.00235 e. The van der Waals surface area contributed by atoms with E-state index in [0.717, 1.165) is 17.8 Å². The molecule has 3 aliphatic carbocycles. The van der Waals surface area contributed by atoms with Crippen molar-refractivity contribution in [1.82, 2.24) is 5.32 Å². The van der Waals surface area contributed by atoms with E-state index < -0.39 is 0 Å². The molecule has 2 bridgehead atoms. The van der Waals surface area contributed by atoms with Crippen LogP contribution in [0.1, 0.15) is 245 Å². The molecule has 1 unspecified atom stereocenters. The highest BCUT2D eigenvalue weighted by Gasteiger charge is 2.40. The van der Waals surface area contributed by atoms with Crippen LogP contribution in [-0.2, 0) is 0 Å². The average Bonchev–Trinajstić information content (AvgIpc) is 3.11. The molecule has 49 heavy (non-hydrogen) atoms. The summed E-state index contributed by atoms with van der Waals surface area (Å²) in [7, 11) is 2.15. The van der Waals surface area contributed by atoms with Gasteiger partial charge in [-0.25, -0.2) is 0 Å². The van der Waals surface area contributed by atoms with Gasteiger partial charge in [0.1, 0.15) is 0 Å². The minimum absolute atomic E-state index is 0.677. The molecular formula is C48H91N. The molecule has 3 rings (SSSR count). The van der Waals surface area contributed by atoms with Crippen molar-refractivity contribution < 1.29 is 0 Å². The van der Waals surface area contributed by atoms with Gasteiger partial charge in [0.15, 0.2) is 0 Å². The molecule has 3 fully saturated rings. The van der Waals surface area contributed by atoms with E-state index in [4.69, 9.17) is 0 Å². The summed E-state index contributed by atoms with van der Waals surface area (Å²) in [5.74, 6) is 2.94. The van der Waals surface area contributed by atoms with Crippen LogP contribution in [0.3, 0.4) is 0 Å². The SMILES string of the molecule is C=C(CCCCCCCC(CCCCCCCCCC(=C)CC12CCC(CC1)CC2)CNC)CCCC(CCCCCC)CCCCCC. The zero-order chi connectivity index (χ0) is 35.3. The van der Waals surface area contributed by atoms with Gasteiger partial charge < -0.3 is 5.32 Å². The van der Waals surface area contributed by atoms with Crippen LogP contribution in [0.2, 0.25) is 0 Å². The maximum Gasteiger partial charge on any atom is -0.00235 e. The Kier molecular flexibility index (Phi) is 27.3. The zero-order valence-electron chi connectivity index (χ0n) is 34.3. The van der Waals surface area contributed by atoms with Crippen LogP contribution in [0.25, 0.3) is 0 Å². The molecule has 0 amide bonds. The zero-order valence-corrected chi connectivity index (χ0v) is 34.3. The first-order chi connectivity index (χ1) is 24.0. The first-order valence-electron chi connectivity index (χ1n) is 23.0. The number of nitrogens with one attached hydrogen (secondary N) is 1. The summed E-state index contributed by atoms with van der Waals surface area (Å²) in [6, 6.07) is 0. The van der Waals surface area contributed by atoms with Gasteiger partial charge in [0.2, 0.25) is 0 Å². The average molecular weight is 682 g/mol. The van der Waals surface area contributed by atoms with Crippen molar-refractivity contribution in [1.29, 1.82) is 0 Å². The van der Waals surface area contributed by atoms with Crippen molar-refractivity contribution in [2.45, 2.75) is 245 Å². The fraction of sp³-hybridized carbons (Fsp3) is 0.917. The summed E-state index contributed by atoms with van der Waals surface area (Å²) >= 11 is 0. The second-order valence-electron chi connectivity index (χ2n) is 17.9. The van der Waals surface area contributed by atoms with Crippen molar-refractivity contribution >= 4 is 0 Å². The molecule has 1 N–H and O–H groups in total. The van der Waals surface area contributed by atoms with Gasteiger partial charge in [-0.1, -0.05) is 173 Å². The minimum atomic E-state index is 0.677. The summed E-state index contributed by atoms with van der Waals surface area (Å²) < 4.78 is 0. The second-order valence-corrected chi connectivity index (χ2v) is 17.9. The fourth-order valence-corrected chi connectivity index (χ4v) is 9.81. The maximum absolute atomic E-state index is 4.52. The Morgan fingerprint density at radius 1 is 0.510 bits per heavy atom. The molecule has 0 aromatic carbocycles. The number of unbranched alkanes of at least 4 members (excludes halogenated alkanes) is 16. The highest BCUT2D eigenvalue weighted by molar-refractivity contribution is 5.04. The third kappa shape index (κ3) is 22.9. The van der Waals surface area contributed by atoms with E-state index in [1.807, 2.05) is 0 Å². The lowest BCUT2D eigenvalue weighted by Crippen LogP contribution is -2.34. The standard InChI is InChI=1S/C48H91N/c1-6-8-10-22-30-45(31-23-11-9-7-2)34-26-29-43(3)27-20-17-15-19-25-33-47(42-49-5)32-24-18-14-12-13-16-21-28-44(4)41-48-38-35-46(36-39-48)37-40-48/h45-47,49H,3-4,6-42H2,1-2,5H3. The summed E-state index contributed by atoms with van der Waals surface area (Å²) in [6.45, 7) is 14.9. The summed E-state index contributed by atoms with van der Waals surface area (Å²) in [4.78, 5) is 0. The Morgan fingerprint density at radius 3 is 1.39 bits per heavy atom. The summed E-state index contributed by atoms with van der Waals surface area (Å²) in [5.41, 5.74) is 3.79. The van der Waals surface area contributed by atoms with E-state index in [0.29, 0.717) is 5.41 Å². The highest BCUT2D eigenvalue weighted by Crippen LogP contribution is 2.53. The van der Waals surface area contributed by atoms with Crippen molar-refractivity contribution in [2.75, 3.05) is 13.6 Å². The van der Waals surface area contributed by atoms with Gasteiger partial charge in [0, 0.05) is 0 Å². The Balaban J connectivity index is 1.40.